The molecule has 4 amide bonds. The number of rotatable bonds is 4. The predicted molar refractivity (Wildman–Crippen MR) is 121 cm³/mol. The van der Waals surface area contributed by atoms with Crippen LogP contribution in [0.5, 0.6) is 0 Å². The van der Waals surface area contributed by atoms with E-state index in [1.807, 2.05) is 18.2 Å². The third-order valence-corrected chi connectivity index (χ3v) is 7.35. The Morgan fingerprint density at radius 3 is 2.33 bits per heavy atom. The van der Waals surface area contributed by atoms with Gasteiger partial charge in [0.1, 0.15) is 6.04 Å². The Morgan fingerprint density at radius 2 is 1.64 bits per heavy atom. The van der Waals surface area contributed by atoms with E-state index < -0.39 is 23.8 Å². The van der Waals surface area contributed by atoms with Crippen LogP contribution >= 0.6 is 0 Å². The van der Waals surface area contributed by atoms with Crippen molar-refractivity contribution in [3.8, 4) is 0 Å². The van der Waals surface area contributed by atoms with Crippen LogP contribution in [-0.2, 0) is 21.5 Å². The van der Waals surface area contributed by atoms with Gasteiger partial charge in [-0.2, -0.15) is 0 Å². The molecule has 0 saturated carbocycles. The number of piperidine rings is 2. The largest absolute Gasteiger partial charge is 0.299 e. The molecule has 1 unspecified atom stereocenters. The van der Waals surface area contributed by atoms with Crippen molar-refractivity contribution in [3.05, 3.63) is 70.8 Å². The van der Waals surface area contributed by atoms with Gasteiger partial charge in [-0.25, -0.2) is 0 Å². The van der Waals surface area contributed by atoms with Crippen molar-refractivity contribution in [3.63, 3.8) is 0 Å². The number of carbonyl (C=O) groups is 4. The molecule has 3 heterocycles. The molecule has 1 N–H and O–H groups in total. The summed E-state index contributed by atoms with van der Waals surface area (Å²) in [6, 6.07) is 15.0. The third-order valence-electron chi connectivity index (χ3n) is 7.35. The maximum Gasteiger partial charge on any atom is 0.262 e. The van der Waals surface area contributed by atoms with Gasteiger partial charge in [0.15, 0.2) is 0 Å². The maximum atomic E-state index is 13.2. The summed E-state index contributed by atoms with van der Waals surface area (Å²) in [6.07, 6.45) is 2.19. The van der Waals surface area contributed by atoms with Crippen LogP contribution in [0.1, 0.15) is 64.4 Å². The molecule has 0 radical (unpaired) electrons. The number of hydrogen-bond donors (Lipinski definition) is 1. The van der Waals surface area contributed by atoms with Crippen molar-refractivity contribution < 1.29 is 19.2 Å². The van der Waals surface area contributed by atoms with Gasteiger partial charge < -0.3 is 0 Å². The summed E-state index contributed by atoms with van der Waals surface area (Å²) >= 11 is 0. The van der Waals surface area contributed by atoms with Crippen molar-refractivity contribution in [1.82, 2.24) is 15.1 Å². The molecule has 2 aromatic rings. The number of imide groups is 2. The third kappa shape index (κ3) is 3.86. The fraction of sp³-hybridized carbons (Fsp3) is 0.385. The smallest absolute Gasteiger partial charge is 0.262 e. The first-order valence-electron chi connectivity index (χ1n) is 11.5. The van der Waals surface area contributed by atoms with Gasteiger partial charge >= 0.3 is 0 Å². The lowest BCUT2D eigenvalue weighted by Crippen LogP contribution is -2.54. The number of nitrogens with one attached hydrogen (secondary N) is 1. The molecule has 170 valence electrons. The van der Waals surface area contributed by atoms with Crippen LogP contribution in [0.2, 0.25) is 0 Å². The second-order valence-corrected chi connectivity index (χ2v) is 9.53. The summed E-state index contributed by atoms with van der Waals surface area (Å²) in [6.45, 7) is 5.05. The molecule has 2 fully saturated rings. The molecular weight excluding hydrogens is 418 g/mol. The summed E-state index contributed by atoms with van der Waals surface area (Å²) in [7, 11) is 0. The van der Waals surface area contributed by atoms with Crippen LogP contribution in [0.3, 0.4) is 0 Å². The van der Waals surface area contributed by atoms with E-state index in [9.17, 15) is 19.2 Å². The number of nitrogens with zero attached hydrogens (tertiary/aromatic N) is 2. The lowest BCUT2D eigenvalue weighted by Gasteiger charge is -2.40. The summed E-state index contributed by atoms with van der Waals surface area (Å²) < 4.78 is 0. The fourth-order valence-corrected chi connectivity index (χ4v) is 5.18. The molecule has 0 bridgehead atoms. The Bertz CT molecular complexity index is 1140. The van der Waals surface area contributed by atoms with Gasteiger partial charge in [-0.05, 0) is 61.0 Å². The Hall–Kier alpha value is -3.32. The average Bonchev–Trinajstić information content (AvgIpc) is 3.06. The van der Waals surface area contributed by atoms with Crippen LogP contribution < -0.4 is 5.32 Å². The van der Waals surface area contributed by atoms with Crippen molar-refractivity contribution >= 4 is 23.6 Å². The molecule has 1 atom stereocenters. The van der Waals surface area contributed by atoms with E-state index in [1.54, 1.807) is 6.07 Å². The van der Waals surface area contributed by atoms with Crippen LogP contribution in [0.25, 0.3) is 0 Å². The molecule has 3 aliphatic rings. The second-order valence-electron chi connectivity index (χ2n) is 9.53. The van der Waals surface area contributed by atoms with Gasteiger partial charge in [0.2, 0.25) is 11.8 Å². The zero-order valence-corrected chi connectivity index (χ0v) is 18.7. The minimum absolute atomic E-state index is 0.0897. The van der Waals surface area contributed by atoms with Crippen LogP contribution in [0.4, 0.5) is 0 Å². The van der Waals surface area contributed by atoms with Gasteiger partial charge in [0.25, 0.3) is 11.8 Å². The van der Waals surface area contributed by atoms with Crippen molar-refractivity contribution in [1.29, 1.82) is 0 Å². The molecule has 7 nitrogen and oxygen atoms in total. The lowest BCUT2D eigenvalue weighted by atomic mass is 9.74. The monoisotopic (exact) mass is 445 g/mol. The predicted octanol–water partition coefficient (Wildman–Crippen LogP) is 2.64. The molecule has 2 aromatic carbocycles. The number of benzene rings is 2. The zero-order valence-electron chi connectivity index (χ0n) is 18.7. The number of likely N-dealkylation sites (tertiary alicyclic amines) is 1. The lowest BCUT2D eigenvalue weighted by molar-refractivity contribution is -0.136. The van der Waals surface area contributed by atoms with Crippen molar-refractivity contribution in [2.75, 3.05) is 13.1 Å². The molecular formula is C26H27N3O4. The number of fused-ring (bicyclic) bond motifs is 1. The number of amides is 4. The van der Waals surface area contributed by atoms with Gasteiger partial charge in [-0.3, -0.25) is 34.3 Å². The fourth-order valence-electron chi connectivity index (χ4n) is 5.18. The van der Waals surface area contributed by atoms with E-state index in [2.05, 4.69) is 41.4 Å². The van der Waals surface area contributed by atoms with Gasteiger partial charge in [-0.1, -0.05) is 43.3 Å². The highest BCUT2D eigenvalue weighted by Crippen LogP contribution is 2.38. The van der Waals surface area contributed by atoms with E-state index >= 15 is 0 Å². The Morgan fingerprint density at radius 1 is 0.939 bits per heavy atom. The highest BCUT2D eigenvalue weighted by molar-refractivity contribution is 6.23. The van der Waals surface area contributed by atoms with E-state index in [0.717, 1.165) is 42.9 Å². The maximum absolute atomic E-state index is 13.2. The number of hydrogen-bond acceptors (Lipinski definition) is 5. The minimum atomic E-state index is -0.935. The molecule has 3 aliphatic heterocycles. The van der Waals surface area contributed by atoms with Crippen LogP contribution in [-0.4, -0.2) is 52.6 Å². The van der Waals surface area contributed by atoms with Crippen molar-refractivity contribution in [2.45, 2.75) is 50.6 Å². The first-order chi connectivity index (χ1) is 15.9. The summed E-state index contributed by atoms with van der Waals surface area (Å²) in [5, 5.41) is 2.24. The molecule has 0 spiro atoms. The number of carbonyl (C=O) groups excluding carboxylic acids is 4. The molecule has 0 aromatic heterocycles. The minimum Gasteiger partial charge on any atom is -0.299 e. The molecule has 5 rings (SSSR count). The first-order valence-corrected chi connectivity index (χ1v) is 11.5. The first kappa shape index (κ1) is 21.5. The summed E-state index contributed by atoms with van der Waals surface area (Å²) in [5.74, 6) is -1.87. The average molecular weight is 446 g/mol. The highest BCUT2D eigenvalue weighted by atomic mass is 16.2. The summed E-state index contributed by atoms with van der Waals surface area (Å²) in [4.78, 5) is 53.3. The van der Waals surface area contributed by atoms with Crippen LogP contribution in [0.15, 0.2) is 48.5 Å². The molecule has 33 heavy (non-hydrogen) atoms. The zero-order chi connectivity index (χ0) is 23.2. The Kier molecular flexibility index (Phi) is 5.37. The normalized spacial score (nSPS) is 22.9. The van der Waals surface area contributed by atoms with E-state index in [0.29, 0.717) is 11.1 Å². The second kappa shape index (κ2) is 8.23. The highest BCUT2D eigenvalue weighted by Gasteiger charge is 2.45. The quantitative estimate of drug-likeness (QED) is 0.732. The molecule has 0 aliphatic carbocycles. The van der Waals surface area contributed by atoms with Gasteiger partial charge in [0, 0.05) is 13.0 Å². The van der Waals surface area contributed by atoms with E-state index in [-0.39, 0.29) is 24.2 Å². The standard InChI is InChI=1S/C26H27N3O4/c1-26(11-13-28(14-12-26)16-17-5-3-2-4-6-17)18-7-8-19-20(15-18)25(33)29(24(19)32)21-9-10-22(30)27-23(21)31/h2-8,15,21H,9-14,16H2,1H3,(H,27,30,31). The Labute approximate surface area is 192 Å². The SMILES string of the molecule is CC1(c2ccc3c(c2)C(=O)N(C2CCC(=O)NC2=O)C3=O)CCN(Cc2ccccc2)CC1. The van der Waals surface area contributed by atoms with Crippen LogP contribution in [0, 0.1) is 0 Å². The van der Waals surface area contributed by atoms with Gasteiger partial charge in [0.05, 0.1) is 11.1 Å². The van der Waals surface area contributed by atoms with Gasteiger partial charge in [-0.15, -0.1) is 0 Å². The topological polar surface area (TPSA) is 86.8 Å². The Balaban J connectivity index is 1.32. The molecule has 7 heteroatoms. The molecule has 2 saturated heterocycles. The summed E-state index contributed by atoms with van der Waals surface area (Å²) in [5.41, 5.74) is 2.95. The van der Waals surface area contributed by atoms with Crippen molar-refractivity contribution in [2.24, 2.45) is 0 Å². The van der Waals surface area contributed by atoms with E-state index in [1.165, 1.54) is 5.56 Å². The van der Waals surface area contributed by atoms with E-state index in [4.69, 9.17) is 0 Å².